The quantitative estimate of drug-likeness (QED) is 0.452. The summed E-state index contributed by atoms with van der Waals surface area (Å²) in [6.07, 6.45) is 8.16. The molecule has 8 nitrogen and oxygen atoms in total. The number of aromatic amines is 1. The first-order chi connectivity index (χ1) is 16.9. The van der Waals surface area contributed by atoms with Crippen molar-refractivity contribution in [3.8, 4) is 11.3 Å². The molecule has 0 bridgehead atoms. The van der Waals surface area contributed by atoms with Crippen LogP contribution in [0.15, 0.2) is 49.3 Å². The molecule has 2 aromatic heterocycles. The van der Waals surface area contributed by atoms with Gasteiger partial charge in [0.15, 0.2) is 0 Å². The zero-order chi connectivity index (χ0) is 24.4. The van der Waals surface area contributed by atoms with E-state index < -0.39 is 5.60 Å². The lowest BCUT2D eigenvalue weighted by Crippen LogP contribution is -2.54. The molecule has 1 saturated carbocycles. The van der Waals surface area contributed by atoms with Crippen LogP contribution in [0.2, 0.25) is 5.02 Å². The number of aliphatic hydroxyl groups is 1. The Morgan fingerprint density at radius 3 is 2.91 bits per heavy atom. The summed E-state index contributed by atoms with van der Waals surface area (Å²) >= 11 is 6.48. The van der Waals surface area contributed by atoms with Gasteiger partial charge in [-0.15, -0.1) is 0 Å². The largest absolute Gasteiger partial charge is 0.388 e. The monoisotopic (exact) mass is 494 g/mol. The number of carbonyl (C=O) groups is 1. The highest BCUT2D eigenvalue weighted by molar-refractivity contribution is 6.33. The number of benzene rings is 1. The first kappa shape index (κ1) is 23.8. The lowest BCUT2D eigenvalue weighted by molar-refractivity contribution is -0.128. The Kier molecular flexibility index (Phi) is 6.77. The number of halogens is 1. The van der Waals surface area contributed by atoms with Crippen LogP contribution < -0.4 is 5.32 Å². The van der Waals surface area contributed by atoms with Crippen molar-refractivity contribution in [2.75, 3.05) is 38.0 Å². The van der Waals surface area contributed by atoms with E-state index in [1.807, 2.05) is 35.4 Å². The number of β-amino-alcohol motifs (C(OH)–C–C–N with tert-alkyl or cyclic N) is 1. The lowest BCUT2D eigenvalue weighted by Gasteiger charge is -2.42. The van der Waals surface area contributed by atoms with Crippen LogP contribution in [-0.2, 0) is 4.79 Å². The summed E-state index contributed by atoms with van der Waals surface area (Å²) in [5.74, 6) is 0.487. The van der Waals surface area contributed by atoms with Gasteiger partial charge in [-0.1, -0.05) is 36.4 Å². The molecular weight excluding hydrogens is 464 g/mol. The van der Waals surface area contributed by atoms with Crippen molar-refractivity contribution in [1.29, 1.82) is 0 Å². The van der Waals surface area contributed by atoms with E-state index in [1.165, 1.54) is 6.08 Å². The standard InChI is InChI=1S/C26H31ClN6O2/c1-2-23(34)33-12-10-32(11-13-33)17-26(35)9-5-6-18(14-26)30-25-29-16-21(27)24(31-25)20-15-28-22-8-4-3-7-19(20)22/h2-4,7-8,15-16,18,28,35H,1,5-6,9-14,17H2,(H,29,30,31)/t18-,26?/m1/s1. The van der Waals surface area contributed by atoms with Crippen LogP contribution in [0.25, 0.3) is 22.2 Å². The molecule has 1 amide bonds. The summed E-state index contributed by atoms with van der Waals surface area (Å²) in [7, 11) is 0. The number of hydrogen-bond donors (Lipinski definition) is 3. The topological polar surface area (TPSA) is 97.4 Å². The maximum atomic E-state index is 11.8. The van der Waals surface area contributed by atoms with Gasteiger partial charge in [0, 0.05) is 61.4 Å². The maximum absolute atomic E-state index is 11.8. The summed E-state index contributed by atoms with van der Waals surface area (Å²) in [5.41, 5.74) is 1.86. The van der Waals surface area contributed by atoms with Gasteiger partial charge in [0.05, 0.1) is 22.5 Å². The summed E-state index contributed by atoms with van der Waals surface area (Å²) in [4.78, 5) is 28.3. The molecule has 3 aromatic rings. The molecule has 1 aliphatic heterocycles. The second-order valence-electron chi connectivity index (χ2n) is 9.61. The van der Waals surface area contributed by atoms with E-state index in [-0.39, 0.29) is 11.9 Å². The van der Waals surface area contributed by atoms with Crippen LogP contribution in [0.1, 0.15) is 25.7 Å². The molecule has 9 heteroatoms. The summed E-state index contributed by atoms with van der Waals surface area (Å²) in [6, 6.07) is 8.11. The van der Waals surface area contributed by atoms with Crippen LogP contribution >= 0.6 is 11.6 Å². The minimum absolute atomic E-state index is 0.0275. The molecule has 35 heavy (non-hydrogen) atoms. The van der Waals surface area contributed by atoms with E-state index in [4.69, 9.17) is 16.6 Å². The number of hydrogen-bond acceptors (Lipinski definition) is 6. The minimum Gasteiger partial charge on any atom is -0.388 e. The normalized spacial score (nSPS) is 23.4. The SMILES string of the molecule is C=CC(=O)N1CCN(CC2(O)CCC[C@@H](Nc3ncc(Cl)c(-c4c[nH]c5ccccc45)n3)C2)CC1. The predicted octanol–water partition coefficient (Wildman–Crippen LogP) is 3.69. The zero-order valence-corrected chi connectivity index (χ0v) is 20.5. The van der Waals surface area contributed by atoms with Gasteiger partial charge in [-0.2, -0.15) is 0 Å². The number of fused-ring (bicyclic) bond motifs is 1. The molecule has 1 unspecified atom stereocenters. The fourth-order valence-electron chi connectivity index (χ4n) is 5.35. The summed E-state index contributed by atoms with van der Waals surface area (Å²) in [5, 5.41) is 16.4. The van der Waals surface area contributed by atoms with E-state index in [0.29, 0.717) is 42.7 Å². The Labute approximate surface area is 210 Å². The van der Waals surface area contributed by atoms with Crippen LogP contribution in [-0.4, -0.2) is 80.1 Å². The molecular formula is C26H31ClN6O2. The van der Waals surface area contributed by atoms with Crippen LogP contribution in [0.3, 0.4) is 0 Å². The van der Waals surface area contributed by atoms with Crippen molar-refractivity contribution >= 4 is 34.4 Å². The number of nitrogens with one attached hydrogen (secondary N) is 2. The molecule has 3 heterocycles. The first-order valence-corrected chi connectivity index (χ1v) is 12.5. The number of aromatic nitrogens is 3. The molecule has 2 fully saturated rings. The Morgan fingerprint density at radius 1 is 1.31 bits per heavy atom. The number of piperazine rings is 1. The van der Waals surface area contributed by atoms with Crippen molar-refractivity contribution in [2.45, 2.75) is 37.3 Å². The highest BCUT2D eigenvalue weighted by Crippen LogP contribution is 2.34. The van der Waals surface area contributed by atoms with Crippen LogP contribution in [0.5, 0.6) is 0 Å². The smallest absolute Gasteiger partial charge is 0.246 e. The molecule has 184 valence electrons. The molecule has 1 aromatic carbocycles. The highest BCUT2D eigenvalue weighted by atomic mass is 35.5. The minimum atomic E-state index is -0.785. The van der Waals surface area contributed by atoms with Crippen LogP contribution in [0.4, 0.5) is 5.95 Å². The number of nitrogens with zero attached hydrogens (tertiary/aromatic N) is 4. The molecule has 2 atom stereocenters. The van der Waals surface area contributed by atoms with Gasteiger partial charge in [0.25, 0.3) is 0 Å². The van der Waals surface area contributed by atoms with Crippen molar-refractivity contribution < 1.29 is 9.90 Å². The average Bonchev–Trinajstić information content (AvgIpc) is 3.29. The fraction of sp³-hybridized carbons (Fsp3) is 0.423. The number of carbonyl (C=O) groups excluding carboxylic acids is 1. The molecule has 0 spiro atoms. The molecule has 2 aliphatic rings. The lowest BCUT2D eigenvalue weighted by atomic mass is 9.81. The van der Waals surface area contributed by atoms with Gasteiger partial charge in [0.1, 0.15) is 0 Å². The van der Waals surface area contributed by atoms with E-state index in [2.05, 4.69) is 26.8 Å². The fourth-order valence-corrected chi connectivity index (χ4v) is 5.55. The van der Waals surface area contributed by atoms with Gasteiger partial charge in [-0.25, -0.2) is 9.97 Å². The summed E-state index contributed by atoms with van der Waals surface area (Å²) < 4.78 is 0. The number of rotatable bonds is 6. The third-order valence-electron chi connectivity index (χ3n) is 7.12. The predicted molar refractivity (Wildman–Crippen MR) is 138 cm³/mol. The Morgan fingerprint density at radius 2 is 2.11 bits per heavy atom. The van der Waals surface area contributed by atoms with Gasteiger partial charge in [-0.05, 0) is 37.8 Å². The molecule has 1 saturated heterocycles. The molecule has 0 radical (unpaired) electrons. The third-order valence-corrected chi connectivity index (χ3v) is 7.40. The van der Waals surface area contributed by atoms with Gasteiger partial charge in [-0.3, -0.25) is 9.69 Å². The Balaban J connectivity index is 1.25. The Hall–Kier alpha value is -2.94. The van der Waals surface area contributed by atoms with E-state index in [0.717, 1.165) is 48.8 Å². The van der Waals surface area contributed by atoms with Gasteiger partial charge < -0.3 is 20.3 Å². The molecule has 5 rings (SSSR count). The van der Waals surface area contributed by atoms with Crippen molar-refractivity contribution in [1.82, 2.24) is 24.8 Å². The number of H-pyrrole nitrogens is 1. The number of anilines is 1. The van der Waals surface area contributed by atoms with E-state index in [9.17, 15) is 9.90 Å². The second-order valence-corrected chi connectivity index (χ2v) is 10.0. The van der Waals surface area contributed by atoms with Crippen molar-refractivity contribution in [3.05, 3.63) is 54.3 Å². The third kappa shape index (κ3) is 5.19. The molecule has 3 N–H and O–H groups in total. The second kappa shape index (κ2) is 9.97. The Bertz CT molecular complexity index is 1220. The molecule has 1 aliphatic carbocycles. The average molecular weight is 495 g/mol. The van der Waals surface area contributed by atoms with Gasteiger partial charge in [0.2, 0.25) is 11.9 Å². The number of para-hydroxylation sites is 1. The zero-order valence-electron chi connectivity index (χ0n) is 19.7. The van der Waals surface area contributed by atoms with Crippen molar-refractivity contribution in [2.24, 2.45) is 0 Å². The van der Waals surface area contributed by atoms with Gasteiger partial charge >= 0.3 is 0 Å². The van der Waals surface area contributed by atoms with Crippen LogP contribution in [0, 0.1) is 0 Å². The van der Waals surface area contributed by atoms with E-state index >= 15 is 0 Å². The first-order valence-electron chi connectivity index (χ1n) is 12.2. The van der Waals surface area contributed by atoms with E-state index in [1.54, 1.807) is 6.20 Å². The number of amides is 1. The highest BCUT2D eigenvalue weighted by Gasteiger charge is 2.37. The maximum Gasteiger partial charge on any atom is 0.246 e. The summed E-state index contributed by atoms with van der Waals surface area (Å²) in [6.45, 7) is 7.02. The van der Waals surface area contributed by atoms with Crippen molar-refractivity contribution in [3.63, 3.8) is 0 Å².